The van der Waals surface area contributed by atoms with Gasteiger partial charge in [0.1, 0.15) is 11.9 Å². The molecule has 0 spiro atoms. The molecule has 174 valence electrons. The van der Waals surface area contributed by atoms with Crippen LogP contribution in [0.5, 0.6) is 0 Å². The first-order chi connectivity index (χ1) is 15.6. The van der Waals surface area contributed by atoms with Crippen LogP contribution in [0, 0.1) is 0 Å². The van der Waals surface area contributed by atoms with Crippen LogP contribution in [0.4, 0.5) is 22.9 Å². The van der Waals surface area contributed by atoms with Gasteiger partial charge in [-0.1, -0.05) is 0 Å². The third kappa shape index (κ3) is 5.87. The van der Waals surface area contributed by atoms with Crippen LogP contribution >= 0.6 is 0 Å². The van der Waals surface area contributed by atoms with Crippen molar-refractivity contribution in [2.24, 2.45) is 4.99 Å². The summed E-state index contributed by atoms with van der Waals surface area (Å²) in [5.74, 6) is -2.80. The van der Waals surface area contributed by atoms with Crippen LogP contribution in [0.3, 0.4) is 0 Å². The fraction of sp³-hybridized carbons (Fsp3) is 0.286. The third-order valence-electron chi connectivity index (χ3n) is 5.02. The van der Waals surface area contributed by atoms with E-state index in [0.717, 1.165) is 11.4 Å². The first-order valence-electron chi connectivity index (χ1n) is 10.0. The van der Waals surface area contributed by atoms with E-state index in [-0.39, 0.29) is 35.5 Å². The number of fused-ring (bicyclic) bond motifs is 1. The van der Waals surface area contributed by atoms with Crippen molar-refractivity contribution in [1.82, 2.24) is 10.3 Å². The number of nitrogens with two attached hydrogens (primary N) is 1. The lowest BCUT2D eigenvalue weighted by atomic mass is 10.1. The van der Waals surface area contributed by atoms with Gasteiger partial charge in [0, 0.05) is 30.8 Å². The van der Waals surface area contributed by atoms with E-state index in [2.05, 4.69) is 20.6 Å². The summed E-state index contributed by atoms with van der Waals surface area (Å²) in [6.45, 7) is 0.853. The van der Waals surface area contributed by atoms with E-state index >= 15 is 0 Å². The zero-order valence-corrected chi connectivity index (χ0v) is 17.8. The molecule has 2 aromatic rings. The Morgan fingerprint density at radius 1 is 1.24 bits per heavy atom. The standard InChI is InChI=1S/C21H24N6O6/c1-27(10-12-9-23-15-8-16(22)26-20(31)18(15)24-12)13-4-2-11(3-5-13)19(30)25-14(21(32)33)6-7-17(28)29/h2-5,8,14,23H,6-7,9-10H2,1H3,(H,25,30)(H,28,29)(H,32,33)(H3,22,26,31)/t14-/m0/s1. The summed E-state index contributed by atoms with van der Waals surface area (Å²) < 4.78 is 0. The minimum atomic E-state index is -1.30. The normalized spacial score (nSPS) is 13.2. The molecule has 0 fully saturated rings. The smallest absolute Gasteiger partial charge is 0.326 e. The van der Waals surface area contributed by atoms with E-state index in [4.69, 9.17) is 10.8 Å². The lowest BCUT2D eigenvalue weighted by Gasteiger charge is -2.24. The summed E-state index contributed by atoms with van der Waals surface area (Å²) in [5.41, 5.74) is 7.84. The molecule has 0 aliphatic carbocycles. The van der Waals surface area contributed by atoms with Crippen LogP contribution in [0.2, 0.25) is 0 Å². The van der Waals surface area contributed by atoms with Crippen molar-refractivity contribution in [3.05, 3.63) is 46.2 Å². The number of aromatic nitrogens is 1. The highest BCUT2D eigenvalue weighted by atomic mass is 16.4. The predicted molar refractivity (Wildman–Crippen MR) is 123 cm³/mol. The Labute approximate surface area is 188 Å². The van der Waals surface area contributed by atoms with Gasteiger partial charge in [-0.2, -0.15) is 0 Å². The molecule has 0 radical (unpaired) electrons. The van der Waals surface area contributed by atoms with Gasteiger partial charge in [0.05, 0.1) is 24.5 Å². The Bertz CT molecular complexity index is 1160. The lowest BCUT2D eigenvalue weighted by Crippen LogP contribution is -2.41. The van der Waals surface area contributed by atoms with Crippen molar-refractivity contribution < 1.29 is 24.6 Å². The van der Waals surface area contributed by atoms with Crippen molar-refractivity contribution in [3.8, 4) is 0 Å². The molecule has 2 heterocycles. The molecule has 0 saturated heterocycles. The number of amides is 1. The molecule has 3 rings (SSSR count). The summed E-state index contributed by atoms with van der Waals surface area (Å²) in [5, 5.41) is 23.4. The minimum absolute atomic E-state index is 0.216. The fourth-order valence-corrected chi connectivity index (χ4v) is 3.30. The van der Waals surface area contributed by atoms with E-state index in [0.29, 0.717) is 18.8 Å². The van der Waals surface area contributed by atoms with Gasteiger partial charge in [-0.15, -0.1) is 0 Å². The molecule has 12 heteroatoms. The molecule has 0 unspecified atom stereocenters. The van der Waals surface area contributed by atoms with Gasteiger partial charge >= 0.3 is 11.9 Å². The minimum Gasteiger partial charge on any atom is -0.481 e. The number of aromatic amines is 1. The van der Waals surface area contributed by atoms with Crippen LogP contribution in [0.1, 0.15) is 23.2 Å². The number of carbonyl (C=O) groups is 3. The van der Waals surface area contributed by atoms with E-state index < -0.39 is 23.9 Å². The molecule has 0 bridgehead atoms. The second kappa shape index (κ2) is 9.85. The second-order valence-electron chi connectivity index (χ2n) is 7.55. The molecule has 12 nitrogen and oxygen atoms in total. The number of pyridine rings is 1. The molecule has 1 atom stereocenters. The van der Waals surface area contributed by atoms with E-state index in [1.807, 2.05) is 11.9 Å². The fourth-order valence-electron chi connectivity index (χ4n) is 3.30. The maximum Gasteiger partial charge on any atom is 0.326 e. The number of carbonyl (C=O) groups excluding carboxylic acids is 1. The van der Waals surface area contributed by atoms with Crippen LogP contribution in [-0.4, -0.2) is 64.9 Å². The topological polar surface area (TPSA) is 190 Å². The molecule has 1 amide bonds. The number of H-pyrrole nitrogens is 1. The number of rotatable bonds is 9. The van der Waals surface area contributed by atoms with Gasteiger partial charge in [-0.3, -0.25) is 14.4 Å². The van der Waals surface area contributed by atoms with Crippen molar-refractivity contribution in [1.29, 1.82) is 0 Å². The number of carboxylic acid groups (broad SMARTS) is 2. The summed E-state index contributed by atoms with van der Waals surface area (Å²) in [4.78, 5) is 55.2. The Balaban J connectivity index is 1.65. The number of hydrogen-bond donors (Lipinski definition) is 6. The SMILES string of the molecule is CN(CC1=Nc2c(cc(N)[nH]c2=O)NC1)c1ccc(C(=O)N[C@@H](CCC(=O)O)C(=O)O)cc1. The first kappa shape index (κ1) is 23.3. The summed E-state index contributed by atoms with van der Waals surface area (Å²) in [6, 6.07) is 6.79. The third-order valence-corrected chi connectivity index (χ3v) is 5.02. The van der Waals surface area contributed by atoms with Gasteiger partial charge in [0.25, 0.3) is 11.5 Å². The molecular weight excluding hydrogens is 432 g/mol. The maximum atomic E-state index is 12.4. The summed E-state index contributed by atoms with van der Waals surface area (Å²) in [7, 11) is 1.83. The zero-order chi connectivity index (χ0) is 24.1. The van der Waals surface area contributed by atoms with E-state index in [1.54, 1.807) is 30.3 Å². The van der Waals surface area contributed by atoms with Crippen molar-refractivity contribution in [2.45, 2.75) is 18.9 Å². The van der Waals surface area contributed by atoms with Gasteiger partial charge < -0.3 is 36.5 Å². The van der Waals surface area contributed by atoms with Crippen molar-refractivity contribution in [3.63, 3.8) is 0 Å². The van der Waals surface area contributed by atoms with Gasteiger partial charge in [0.15, 0.2) is 5.69 Å². The molecule has 1 aromatic heterocycles. The Morgan fingerprint density at radius 3 is 2.58 bits per heavy atom. The first-order valence-corrected chi connectivity index (χ1v) is 10.0. The highest BCUT2D eigenvalue weighted by Crippen LogP contribution is 2.25. The Hall–Kier alpha value is -4.35. The van der Waals surface area contributed by atoms with Gasteiger partial charge in [-0.05, 0) is 30.7 Å². The van der Waals surface area contributed by atoms with Crippen molar-refractivity contribution >= 4 is 46.4 Å². The molecule has 0 saturated carbocycles. The second-order valence-corrected chi connectivity index (χ2v) is 7.55. The Morgan fingerprint density at radius 2 is 1.94 bits per heavy atom. The number of benzene rings is 1. The molecule has 1 aromatic carbocycles. The average molecular weight is 456 g/mol. The average Bonchev–Trinajstić information content (AvgIpc) is 2.76. The maximum absolute atomic E-state index is 12.4. The van der Waals surface area contributed by atoms with Crippen LogP contribution in [-0.2, 0) is 9.59 Å². The number of nitrogens with zero attached hydrogens (tertiary/aromatic N) is 2. The van der Waals surface area contributed by atoms with Gasteiger partial charge in [0.2, 0.25) is 0 Å². The number of hydrogen-bond acceptors (Lipinski definition) is 8. The van der Waals surface area contributed by atoms with Crippen LogP contribution in [0.25, 0.3) is 0 Å². The quantitative estimate of drug-likeness (QED) is 0.314. The highest BCUT2D eigenvalue weighted by molar-refractivity contribution is 5.99. The van der Waals surface area contributed by atoms with Crippen molar-refractivity contribution in [2.75, 3.05) is 36.1 Å². The van der Waals surface area contributed by atoms with E-state index in [1.165, 1.54) is 0 Å². The molecule has 33 heavy (non-hydrogen) atoms. The number of aliphatic imine (C=N–C) groups is 1. The lowest BCUT2D eigenvalue weighted by molar-refractivity contribution is -0.140. The summed E-state index contributed by atoms with van der Waals surface area (Å²) in [6.07, 6.45) is -0.588. The highest BCUT2D eigenvalue weighted by Gasteiger charge is 2.22. The molecule has 1 aliphatic heterocycles. The number of nitrogens with one attached hydrogen (secondary N) is 3. The number of nitrogen functional groups attached to an aromatic ring is 1. The predicted octanol–water partition coefficient (Wildman–Crippen LogP) is 0.639. The zero-order valence-electron chi connectivity index (χ0n) is 17.8. The Kier molecular flexibility index (Phi) is 6.96. The van der Waals surface area contributed by atoms with Crippen LogP contribution < -0.4 is 26.8 Å². The number of carboxylic acids is 2. The van der Waals surface area contributed by atoms with Gasteiger partial charge in [-0.25, -0.2) is 9.79 Å². The summed E-state index contributed by atoms with van der Waals surface area (Å²) >= 11 is 0. The monoisotopic (exact) mass is 456 g/mol. The molecular formula is C21H24N6O6. The number of anilines is 3. The van der Waals surface area contributed by atoms with E-state index in [9.17, 15) is 24.3 Å². The molecule has 7 N–H and O–H groups in total. The van der Waals surface area contributed by atoms with Crippen LogP contribution in [0.15, 0.2) is 40.1 Å². The molecule has 1 aliphatic rings. The number of aliphatic carboxylic acids is 2. The largest absolute Gasteiger partial charge is 0.481 e.